The second-order valence-electron chi connectivity index (χ2n) is 11.6. The van der Waals surface area contributed by atoms with Gasteiger partial charge in [0, 0.05) is 5.56 Å². The molecule has 0 heterocycles. The van der Waals surface area contributed by atoms with E-state index in [1.165, 1.54) is 12.1 Å². The van der Waals surface area contributed by atoms with Gasteiger partial charge < -0.3 is 4.74 Å². The molecule has 5 rings (SSSR count). The molecule has 0 atom stereocenters. The Morgan fingerprint density at radius 1 is 0.689 bits per heavy atom. The van der Waals surface area contributed by atoms with Crippen LogP contribution in [-0.2, 0) is 17.3 Å². The SMILES string of the molecule is CCCCCc1ccc(-c2cc(F)c(C(F)(F)OC3CCC(c4ccc(-c5cc(F)c(Cl)c(F)c5)c(F)c4)CC3)c(F)c2)cc1. The van der Waals surface area contributed by atoms with Crippen LogP contribution in [0.1, 0.15) is 74.5 Å². The van der Waals surface area contributed by atoms with Crippen molar-refractivity contribution in [3.63, 3.8) is 0 Å². The highest BCUT2D eigenvalue weighted by Gasteiger charge is 2.42. The van der Waals surface area contributed by atoms with Crippen molar-refractivity contribution in [1.82, 2.24) is 0 Å². The van der Waals surface area contributed by atoms with Crippen LogP contribution in [0.15, 0.2) is 66.7 Å². The minimum Gasteiger partial charge on any atom is -0.313 e. The summed E-state index contributed by atoms with van der Waals surface area (Å²) in [5.74, 6) is -5.70. The van der Waals surface area contributed by atoms with Gasteiger partial charge in [0.1, 0.15) is 39.7 Å². The molecule has 0 radical (unpaired) electrons. The van der Waals surface area contributed by atoms with E-state index in [2.05, 4.69) is 6.92 Å². The predicted octanol–water partition coefficient (Wildman–Crippen LogP) is 11.9. The maximum absolute atomic E-state index is 15.1. The molecule has 0 bridgehead atoms. The molecule has 0 spiro atoms. The van der Waals surface area contributed by atoms with E-state index in [4.69, 9.17) is 16.3 Å². The van der Waals surface area contributed by atoms with Gasteiger partial charge in [-0.2, -0.15) is 8.78 Å². The Balaban J connectivity index is 1.22. The van der Waals surface area contributed by atoms with Gasteiger partial charge in [-0.1, -0.05) is 67.8 Å². The summed E-state index contributed by atoms with van der Waals surface area (Å²) in [7, 11) is 0. The molecule has 0 amide bonds. The second kappa shape index (κ2) is 14.0. The third-order valence-electron chi connectivity index (χ3n) is 8.44. The van der Waals surface area contributed by atoms with Crippen molar-refractivity contribution >= 4 is 11.6 Å². The van der Waals surface area contributed by atoms with Crippen molar-refractivity contribution in [3.05, 3.63) is 118 Å². The van der Waals surface area contributed by atoms with Crippen molar-refractivity contribution in [3.8, 4) is 22.3 Å². The topological polar surface area (TPSA) is 9.23 Å². The highest BCUT2D eigenvalue weighted by atomic mass is 35.5. The Morgan fingerprint density at radius 3 is 1.87 bits per heavy atom. The summed E-state index contributed by atoms with van der Waals surface area (Å²) in [6.45, 7) is 2.11. The Hall–Kier alpha value is -3.36. The minimum atomic E-state index is -4.20. The van der Waals surface area contributed by atoms with E-state index >= 15 is 8.78 Å². The maximum atomic E-state index is 15.1. The number of alkyl halides is 2. The number of halogens is 8. The molecule has 1 saturated carbocycles. The highest BCUT2D eigenvalue weighted by molar-refractivity contribution is 6.31. The molecular weight excluding hydrogens is 617 g/mol. The Morgan fingerprint density at radius 2 is 1.29 bits per heavy atom. The third-order valence-corrected chi connectivity index (χ3v) is 8.80. The number of ether oxygens (including phenoxy) is 1. The van der Waals surface area contributed by atoms with Crippen LogP contribution in [0.5, 0.6) is 0 Å². The zero-order chi connectivity index (χ0) is 32.3. The summed E-state index contributed by atoms with van der Waals surface area (Å²) >= 11 is 5.52. The largest absolute Gasteiger partial charge is 0.389 e. The van der Waals surface area contributed by atoms with E-state index in [0.29, 0.717) is 24.0 Å². The van der Waals surface area contributed by atoms with Crippen LogP contribution in [0.4, 0.5) is 30.7 Å². The van der Waals surface area contributed by atoms with Gasteiger partial charge in [0.25, 0.3) is 0 Å². The number of hydrogen-bond donors (Lipinski definition) is 0. The molecule has 0 N–H and O–H groups in total. The molecule has 0 unspecified atom stereocenters. The van der Waals surface area contributed by atoms with Gasteiger partial charge in [0.05, 0.1) is 6.10 Å². The van der Waals surface area contributed by atoms with E-state index in [-0.39, 0.29) is 35.4 Å². The van der Waals surface area contributed by atoms with Crippen molar-refractivity contribution in [2.75, 3.05) is 0 Å². The fourth-order valence-electron chi connectivity index (χ4n) is 5.97. The van der Waals surface area contributed by atoms with Crippen LogP contribution in [0.2, 0.25) is 5.02 Å². The predicted molar refractivity (Wildman–Crippen MR) is 162 cm³/mol. The average Bonchev–Trinajstić information content (AvgIpc) is 2.99. The molecule has 1 aliphatic carbocycles. The van der Waals surface area contributed by atoms with Gasteiger partial charge in [-0.15, -0.1) is 0 Å². The van der Waals surface area contributed by atoms with Gasteiger partial charge in [-0.25, -0.2) is 22.0 Å². The molecule has 0 aromatic heterocycles. The fraction of sp³-hybridized carbons (Fsp3) is 0.333. The van der Waals surface area contributed by atoms with Gasteiger partial charge in [0.2, 0.25) is 0 Å². The number of hydrogen-bond acceptors (Lipinski definition) is 1. The Bertz CT molecular complexity index is 1600. The zero-order valence-corrected chi connectivity index (χ0v) is 25.4. The number of benzene rings is 4. The lowest BCUT2D eigenvalue weighted by Crippen LogP contribution is -2.31. The number of unbranched alkanes of at least 4 members (excludes halogenated alkanes) is 2. The van der Waals surface area contributed by atoms with Crippen LogP contribution >= 0.6 is 11.6 Å². The van der Waals surface area contributed by atoms with Gasteiger partial charge in [-0.3, -0.25) is 0 Å². The van der Waals surface area contributed by atoms with E-state index in [1.807, 2.05) is 12.1 Å². The lowest BCUT2D eigenvalue weighted by molar-refractivity contribution is -0.280. The van der Waals surface area contributed by atoms with Gasteiger partial charge >= 0.3 is 6.11 Å². The van der Waals surface area contributed by atoms with Crippen LogP contribution in [-0.4, -0.2) is 6.10 Å². The maximum Gasteiger partial charge on any atom is 0.389 e. The van der Waals surface area contributed by atoms with Gasteiger partial charge in [-0.05, 0) is 103 Å². The molecular formula is C36H32ClF7O. The Labute approximate surface area is 263 Å². The van der Waals surface area contributed by atoms with Crippen molar-refractivity contribution in [2.45, 2.75) is 76.4 Å². The van der Waals surface area contributed by atoms with Crippen LogP contribution in [0.3, 0.4) is 0 Å². The first-order valence-electron chi connectivity index (χ1n) is 15.1. The van der Waals surface area contributed by atoms with Crippen LogP contribution < -0.4 is 0 Å². The standard InChI is InChI=1S/C36H32ClF7O/c1-2-3-4-5-21-6-8-23(9-7-21)25-17-30(39)34(31(40)18-25)36(43,44)45-27-13-10-22(11-14-27)24-12-15-28(29(38)16-24)26-19-32(41)35(37)33(42)20-26/h6-9,12,15-20,22,27H,2-5,10-11,13-14H2,1H3. The molecule has 1 aliphatic rings. The summed E-state index contributed by atoms with van der Waals surface area (Å²) in [6.07, 6.45) is -0.0193. The third kappa shape index (κ3) is 7.55. The summed E-state index contributed by atoms with van der Waals surface area (Å²) in [4.78, 5) is 0. The highest BCUT2D eigenvalue weighted by Crippen LogP contribution is 2.42. The van der Waals surface area contributed by atoms with Crippen molar-refractivity contribution < 1.29 is 35.5 Å². The summed E-state index contributed by atoms with van der Waals surface area (Å²) in [6, 6.07) is 15.1. The molecule has 4 aromatic rings. The van der Waals surface area contributed by atoms with Crippen molar-refractivity contribution in [2.24, 2.45) is 0 Å². The zero-order valence-electron chi connectivity index (χ0n) is 24.6. The summed E-state index contributed by atoms with van der Waals surface area (Å²) in [5.41, 5.74) is 0.886. The fourth-order valence-corrected chi connectivity index (χ4v) is 6.08. The summed E-state index contributed by atoms with van der Waals surface area (Å²) < 4.78 is 108. The molecule has 1 nitrogen and oxygen atoms in total. The molecule has 9 heteroatoms. The molecule has 238 valence electrons. The first-order chi connectivity index (χ1) is 21.5. The van der Waals surface area contributed by atoms with Gasteiger partial charge in [0.15, 0.2) is 0 Å². The quantitative estimate of drug-likeness (QED) is 0.0944. The minimum absolute atomic E-state index is 0.0130. The molecule has 1 fully saturated rings. The lowest BCUT2D eigenvalue weighted by Gasteiger charge is -2.31. The summed E-state index contributed by atoms with van der Waals surface area (Å²) in [5, 5.41) is -0.679. The normalized spacial score (nSPS) is 17.1. The molecule has 45 heavy (non-hydrogen) atoms. The van der Waals surface area contributed by atoms with Crippen molar-refractivity contribution in [1.29, 1.82) is 0 Å². The number of rotatable bonds is 10. The first-order valence-corrected chi connectivity index (χ1v) is 15.4. The molecule has 0 aliphatic heterocycles. The average molecular weight is 649 g/mol. The monoisotopic (exact) mass is 648 g/mol. The lowest BCUT2D eigenvalue weighted by atomic mass is 9.82. The van der Waals surface area contributed by atoms with E-state index < -0.39 is 51.9 Å². The molecule has 0 saturated heterocycles. The number of aryl methyl sites for hydroxylation is 1. The van der Waals surface area contributed by atoms with E-state index in [0.717, 1.165) is 55.5 Å². The van der Waals surface area contributed by atoms with Crippen LogP contribution in [0.25, 0.3) is 22.3 Å². The molecule has 4 aromatic carbocycles. The van der Waals surface area contributed by atoms with Crippen LogP contribution in [0, 0.1) is 29.1 Å². The van der Waals surface area contributed by atoms with E-state index in [1.54, 1.807) is 18.2 Å². The second-order valence-corrected chi connectivity index (χ2v) is 11.9. The smallest absolute Gasteiger partial charge is 0.313 e. The first kappa shape index (κ1) is 33.0. The Kier molecular flexibility index (Phi) is 10.2. The van der Waals surface area contributed by atoms with E-state index in [9.17, 15) is 22.0 Å².